The lowest BCUT2D eigenvalue weighted by molar-refractivity contribution is -0.140. The van der Waals surface area contributed by atoms with Crippen LogP contribution in [0.1, 0.15) is 75.3 Å². The van der Waals surface area contributed by atoms with E-state index in [0.29, 0.717) is 18.6 Å². The minimum atomic E-state index is -1.06. The number of amides is 1. The molecule has 0 spiro atoms. The maximum atomic E-state index is 13.3. The van der Waals surface area contributed by atoms with E-state index < -0.39 is 17.9 Å². The van der Waals surface area contributed by atoms with E-state index in [2.05, 4.69) is 50.4 Å². The zero-order valence-electron chi connectivity index (χ0n) is 24.8. The molecule has 1 atom stereocenters. The Morgan fingerprint density at radius 2 is 1.51 bits per heavy atom. The largest absolute Gasteiger partial charge is 0.480 e. The summed E-state index contributed by atoms with van der Waals surface area (Å²) in [5.41, 5.74) is 3.15. The number of carboxylic acids is 1. The molecule has 1 heterocycles. The fraction of sp³-hybridized carbons (Fsp3) is 0.343. The molecule has 6 nitrogen and oxygen atoms in total. The Hall–Kier alpha value is -4.19. The maximum absolute atomic E-state index is 13.3. The van der Waals surface area contributed by atoms with Gasteiger partial charge in [0.05, 0.1) is 0 Å². The summed E-state index contributed by atoms with van der Waals surface area (Å²) in [4.78, 5) is 29.9. The number of aliphatic carboxylic acids is 1. The highest BCUT2D eigenvalue weighted by Gasteiger charge is 2.27. The third-order valence-corrected chi connectivity index (χ3v) is 6.99. The third kappa shape index (κ3) is 8.16. The number of fused-ring (bicyclic) bond motifs is 1. The first-order valence-corrected chi connectivity index (χ1v) is 14.1. The van der Waals surface area contributed by atoms with Crippen LogP contribution in [0.15, 0.2) is 78.9 Å². The van der Waals surface area contributed by atoms with Crippen molar-refractivity contribution in [3.05, 3.63) is 101 Å². The summed E-state index contributed by atoms with van der Waals surface area (Å²) < 4.78 is 6.20. The second-order valence-corrected chi connectivity index (χ2v) is 12.8. The molecule has 6 heteroatoms. The average Bonchev–Trinajstić information content (AvgIpc) is 2.91. The Morgan fingerprint density at radius 3 is 2.12 bits per heavy atom. The number of rotatable bonds is 9. The van der Waals surface area contributed by atoms with Gasteiger partial charge in [0.25, 0.3) is 5.91 Å². The van der Waals surface area contributed by atoms with Crippen LogP contribution in [-0.4, -0.2) is 28.0 Å². The van der Waals surface area contributed by atoms with Gasteiger partial charge in [-0.3, -0.25) is 4.79 Å². The molecular formula is C35H40N2O4. The average molecular weight is 553 g/mol. The number of hydrogen-bond donors (Lipinski definition) is 2. The fourth-order valence-corrected chi connectivity index (χ4v) is 4.78. The van der Waals surface area contributed by atoms with Gasteiger partial charge in [-0.05, 0) is 76.9 Å². The molecule has 0 saturated heterocycles. The molecule has 4 aromatic rings. The van der Waals surface area contributed by atoms with Crippen LogP contribution in [0.4, 0.5) is 0 Å². The zero-order valence-corrected chi connectivity index (χ0v) is 24.8. The Kier molecular flexibility index (Phi) is 8.81. The fourth-order valence-electron chi connectivity index (χ4n) is 4.78. The van der Waals surface area contributed by atoms with Gasteiger partial charge in [0.1, 0.15) is 23.2 Å². The van der Waals surface area contributed by atoms with Crippen molar-refractivity contribution in [1.29, 1.82) is 0 Å². The second kappa shape index (κ2) is 12.1. The first-order valence-electron chi connectivity index (χ1n) is 14.1. The number of pyridine rings is 1. The molecule has 1 amide bonds. The number of carbonyl (C=O) groups is 2. The van der Waals surface area contributed by atoms with Crippen LogP contribution >= 0.6 is 0 Å². The lowest BCUT2D eigenvalue weighted by Gasteiger charge is -2.24. The van der Waals surface area contributed by atoms with Gasteiger partial charge in [0.15, 0.2) is 0 Å². The first kappa shape index (κ1) is 29.8. The zero-order chi connectivity index (χ0) is 29.8. The van der Waals surface area contributed by atoms with Gasteiger partial charge >= 0.3 is 5.97 Å². The molecule has 1 aromatic heterocycles. The van der Waals surface area contributed by atoms with Gasteiger partial charge in [-0.2, -0.15) is 0 Å². The van der Waals surface area contributed by atoms with Crippen molar-refractivity contribution in [2.75, 3.05) is 0 Å². The molecule has 0 fully saturated rings. The number of ether oxygens (including phenoxy) is 1. The van der Waals surface area contributed by atoms with Crippen LogP contribution in [-0.2, 0) is 23.1 Å². The van der Waals surface area contributed by atoms with Crippen molar-refractivity contribution < 1.29 is 19.4 Å². The molecule has 0 saturated carbocycles. The standard InChI is InChI=1S/C35H40N2O4/c1-34(2,3)22-31(33(39)40)37-32(38)30-20-24-13-16-27(41-26-17-14-25(15-18-26)35(4,5)6)21-28(24)29(36-30)19-12-23-10-8-7-9-11-23/h7-11,13-18,20-21,31H,12,19,22H2,1-6H3,(H,37,38)(H,39,40)/t31-/m0/s1. The number of carboxylic acid groups (broad SMARTS) is 1. The molecule has 0 radical (unpaired) electrons. The monoisotopic (exact) mass is 552 g/mol. The number of nitrogens with one attached hydrogen (secondary N) is 1. The summed E-state index contributed by atoms with van der Waals surface area (Å²) in [6, 6.07) is 24.7. The van der Waals surface area contributed by atoms with Crippen molar-refractivity contribution in [3.8, 4) is 11.5 Å². The number of carbonyl (C=O) groups excluding carboxylic acids is 1. The van der Waals surface area contributed by atoms with Gasteiger partial charge in [0.2, 0.25) is 0 Å². The Morgan fingerprint density at radius 1 is 0.854 bits per heavy atom. The topological polar surface area (TPSA) is 88.5 Å². The normalized spacial score (nSPS) is 12.6. The SMILES string of the molecule is CC(C)(C)C[C@H](NC(=O)c1cc2ccc(Oc3ccc(C(C)(C)C)cc3)cc2c(CCc2ccccc2)n1)C(=O)O. The van der Waals surface area contributed by atoms with E-state index in [9.17, 15) is 14.7 Å². The van der Waals surface area contributed by atoms with Crippen LogP contribution in [0.25, 0.3) is 10.8 Å². The van der Waals surface area contributed by atoms with E-state index in [0.717, 1.165) is 28.6 Å². The third-order valence-electron chi connectivity index (χ3n) is 6.99. The van der Waals surface area contributed by atoms with Gasteiger partial charge < -0.3 is 15.2 Å². The highest BCUT2D eigenvalue weighted by atomic mass is 16.5. The van der Waals surface area contributed by atoms with Crippen molar-refractivity contribution in [2.45, 2.75) is 72.3 Å². The lowest BCUT2D eigenvalue weighted by Crippen LogP contribution is -2.43. The van der Waals surface area contributed by atoms with E-state index in [1.54, 1.807) is 6.07 Å². The molecule has 41 heavy (non-hydrogen) atoms. The van der Waals surface area contributed by atoms with Crippen LogP contribution in [0, 0.1) is 5.41 Å². The predicted octanol–water partition coefficient (Wildman–Crippen LogP) is 7.73. The smallest absolute Gasteiger partial charge is 0.326 e. The number of hydrogen-bond acceptors (Lipinski definition) is 4. The number of benzene rings is 3. The van der Waals surface area contributed by atoms with Gasteiger partial charge in [0, 0.05) is 11.1 Å². The Labute approximate surface area is 242 Å². The van der Waals surface area contributed by atoms with Crippen LogP contribution in [0.5, 0.6) is 11.5 Å². The van der Waals surface area contributed by atoms with E-state index >= 15 is 0 Å². The minimum Gasteiger partial charge on any atom is -0.480 e. The van der Waals surface area contributed by atoms with Crippen molar-refractivity contribution >= 4 is 22.6 Å². The first-order chi connectivity index (χ1) is 19.3. The number of aryl methyl sites for hydroxylation is 2. The molecule has 0 aliphatic carbocycles. The highest BCUT2D eigenvalue weighted by Crippen LogP contribution is 2.30. The summed E-state index contributed by atoms with van der Waals surface area (Å²) in [6.45, 7) is 12.4. The summed E-state index contributed by atoms with van der Waals surface area (Å²) in [5, 5.41) is 14.1. The number of aromatic nitrogens is 1. The number of nitrogens with zero attached hydrogens (tertiary/aromatic N) is 1. The second-order valence-electron chi connectivity index (χ2n) is 12.8. The molecule has 4 rings (SSSR count). The van der Waals surface area contributed by atoms with E-state index in [4.69, 9.17) is 9.72 Å². The predicted molar refractivity (Wildman–Crippen MR) is 164 cm³/mol. The van der Waals surface area contributed by atoms with Crippen LogP contribution < -0.4 is 10.1 Å². The molecule has 3 aromatic carbocycles. The Bertz CT molecular complexity index is 1510. The summed E-state index contributed by atoms with van der Waals surface area (Å²) in [7, 11) is 0. The lowest BCUT2D eigenvalue weighted by atomic mass is 9.87. The molecule has 0 bridgehead atoms. The van der Waals surface area contributed by atoms with E-state index in [-0.39, 0.29) is 16.5 Å². The maximum Gasteiger partial charge on any atom is 0.326 e. The minimum absolute atomic E-state index is 0.0576. The van der Waals surface area contributed by atoms with Crippen LogP contribution in [0.3, 0.4) is 0 Å². The Balaban J connectivity index is 1.66. The molecule has 0 aliphatic rings. The van der Waals surface area contributed by atoms with Gasteiger partial charge in [-0.1, -0.05) is 90.1 Å². The van der Waals surface area contributed by atoms with Crippen molar-refractivity contribution in [1.82, 2.24) is 10.3 Å². The summed E-state index contributed by atoms with van der Waals surface area (Å²) in [5.74, 6) is -0.137. The van der Waals surface area contributed by atoms with Gasteiger partial charge in [-0.25, -0.2) is 9.78 Å². The molecule has 214 valence electrons. The highest BCUT2D eigenvalue weighted by molar-refractivity contribution is 5.99. The van der Waals surface area contributed by atoms with Crippen molar-refractivity contribution in [3.63, 3.8) is 0 Å². The van der Waals surface area contributed by atoms with Gasteiger partial charge in [-0.15, -0.1) is 0 Å². The summed E-state index contributed by atoms with van der Waals surface area (Å²) in [6.07, 6.45) is 1.66. The van der Waals surface area contributed by atoms with Crippen molar-refractivity contribution in [2.24, 2.45) is 5.41 Å². The van der Waals surface area contributed by atoms with E-state index in [1.807, 2.05) is 69.3 Å². The molecule has 0 unspecified atom stereocenters. The molecule has 0 aliphatic heterocycles. The molecule has 2 N–H and O–H groups in total. The quantitative estimate of drug-likeness (QED) is 0.222. The van der Waals surface area contributed by atoms with E-state index in [1.165, 1.54) is 11.1 Å². The van der Waals surface area contributed by atoms with Crippen LogP contribution in [0.2, 0.25) is 0 Å². The molecular weight excluding hydrogens is 512 g/mol. The summed E-state index contributed by atoms with van der Waals surface area (Å²) >= 11 is 0.